The number of carbonyl (C=O) groups is 1. The third-order valence-electron chi connectivity index (χ3n) is 5.39. The normalized spacial score (nSPS) is 15.5. The Bertz CT molecular complexity index is 1160. The second-order valence-corrected chi connectivity index (χ2v) is 7.73. The smallest absolute Gasteiger partial charge is 0.296 e. The van der Waals surface area contributed by atoms with E-state index in [2.05, 4.69) is 30.9 Å². The fourth-order valence-corrected chi connectivity index (χ4v) is 3.59. The first-order valence-electron chi connectivity index (χ1n) is 9.62. The van der Waals surface area contributed by atoms with Crippen molar-refractivity contribution in [3.8, 4) is 5.75 Å². The van der Waals surface area contributed by atoms with Crippen molar-refractivity contribution >= 4 is 5.91 Å². The fraction of sp³-hybridized carbons (Fsp3) is 0.368. The molecule has 1 aromatic carbocycles. The van der Waals surface area contributed by atoms with Crippen molar-refractivity contribution in [3.05, 3.63) is 63.3 Å². The summed E-state index contributed by atoms with van der Waals surface area (Å²) in [5, 5.41) is 26.7. The highest BCUT2D eigenvalue weighted by Gasteiger charge is 2.39. The summed E-state index contributed by atoms with van der Waals surface area (Å²) in [6, 6.07) is 5.63. The Morgan fingerprint density at radius 2 is 2.03 bits per heavy atom. The molecule has 12 heteroatoms. The Kier molecular flexibility index (Phi) is 5.23. The molecule has 0 bridgehead atoms. The van der Waals surface area contributed by atoms with Crippen molar-refractivity contribution in [2.75, 3.05) is 6.54 Å². The van der Waals surface area contributed by atoms with E-state index in [-0.39, 0.29) is 24.6 Å². The summed E-state index contributed by atoms with van der Waals surface area (Å²) in [4.78, 5) is 31.8. The molecule has 31 heavy (non-hydrogen) atoms. The van der Waals surface area contributed by atoms with E-state index in [4.69, 9.17) is 0 Å². The van der Waals surface area contributed by atoms with Crippen LogP contribution in [-0.4, -0.2) is 52.6 Å². The average Bonchev–Trinajstić information content (AvgIpc) is 3.25. The van der Waals surface area contributed by atoms with Gasteiger partial charge in [0.15, 0.2) is 11.5 Å². The van der Waals surface area contributed by atoms with Gasteiger partial charge < -0.3 is 10.4 Å². The maximum absolute atomic E-state index is 13.0. The number of aromatic hydroxyl groups is 1. The molecule has 0 fully saturated rings. The number of hydrogen-bond acceptors (Lipinski definition) is 8. The topological polar surface area (TPSA) is 142 Å². The predicted molar refractivity (Wildman–Crippen MR) is 105 cm³/mol. The largest absolute Gasteiger partial charge is 0.501 e. The minimum absolute atomic E-state index is 0.0899. The van der Waals surface area contributed by atoms with Gasteiger partial charge >= 0.3 is 0 Å². The summed E-state index contributed by atoms with van der Waals surface area (Å²) in [6.07, 6.45) is 0. The van der Waals surface area contributed by atoms with Crippen LogP contribution in [0.2, 0.25) is 0 Å². The lowest BCUT2D eigenvalue weighted by Crippen LogP contribution is -2.52. The molecule has 0 atom stereocenters. The van der Waals surface area contributed by atoms with Crippen LogP contribution in [0, 0.1) is 5.82 Å². The number of amides is 1. The zero-order chi connectivity index (χ0) is 22.2. The van der Waals surface area contributed by atoms with E-state index in [9.17, 15) is 19.1 Å². The van der Waals surface area contributed by atoms with Gasteiger partial charge in [0, 0.05) is 19.6 Å². The lowest BCUT2D eigenvalue weighted by molar-refractivity contribution is 0.0624. The molecular weight excluding hydrogens is 407 g/mol. The second-order valence-electron chi connectivity index (χ2n) is 7.73. The molecule has 0 saturated heterocycles. The maximum atomic E-state index is 13.0. The van der Waals surface area contributed by atoms with Crippen molar-refractivity contribution in [1.82, 2.24) is 40.4 Å². The zero-order valence-electron chi connectivity index (χ0n) is 17.0. The molecule has 1 aliphatic rings. The summed E-state index contributed by atoms with van der Waals surface area (Å²) in [7, 11) is 0. The summed E-state index contributed by atoms with van der Waals surface area (Å²) >= 11 is 0. The summed E-state index contributed by atoms with van der Waals surface area (Å²) in [6.45, 7) is 5.00. The molecule has 0 aliphatic carbocycles. The van der Waals surface area contributed by atoms with E-state index in [0.29, 0.717) is 30.3 Å². The predicted octanol–water partition coefficient (Wildman–Crippen LogP) is 0.282. The number of aromatic nitrogens is 6. The van der Waals surface area contributed by atoms with Crippen LogP contribution in [-0.2, 0) is 25.2 Å². The molecular formula is C19H21FN8O3. The van der Waals surface area contributed by atoms with Crippen LogP contribution in [0.4, 0.5) is 4.39 Å². The molecule has 0 unspecified atom stereocenters. The van der Waals surface area contributed by atoms with Gasteiger partial charge in [0.2, 0.25) is 5.75 Å². The van der Waals surface area contributed by atoms with Gasteiger partial charge in [-0.05, 0) is 42.0 Å². The van der Waals surface area contributed by atoms with Crippen LogP contribution in [0.25, 0.3) is 0 Å². The standard InChI is InChI=1S/C19H21FN8O3/c1-19(2)18-22-14(16(30)21-9-11-3-5-12(20)6-4-11)15(29)17(31)28(18)8-7-27(19)10-13-23-25-26-24-13/h3-6,29H,7-10H2,1-2H3,(H,21,30)(H,23,24,25,26). The van der Waals surface area contributed by atoms with Crippen LogP contribution in [0.1, 0.15) is 41.5 Å². The number of rotatable bonds is 5. The number of halogens is 1. The van der Waals surface area contributed by atoms with Crippen LogP contribution >= 0.6 is 0 Å². The molecule has 3 heterocycles. The number of benzene rings is 1. The second kappa shape index (κ2) is 7.87. The van der Waals surface area contributed by atoms with Crippen LogP contribution in [0.15, 0.2) is 29.1 Å². The van der Waals surface area contributed by atoms with Crippen molar-refractivity contribution in [1.29, 1.82) is 0 Å². The maximum Gasteiger partial charge on any atom is 0.296 e. The highest BCUT2D eigenvalue weighted by molar-refractivity contribution is 5.94. The minimum atomic E-state index is -0.746. The number of hydrogen-bond donors (Lipinski definition) is 3. The highest BCUT2D eigenvalue weighted by Crippen LogP contribution is 2.31. The fourth-order valence-electron chi connectivity index (χ4n) is 3.59. The molecule has 3 N–H and O–H groups in total. The third kappa shape index (κ3) is 3.89. The van der Waals surface area contributed by atoms with Gasteiger partial charge in [0.25, 0.3) is 11.5 Å². The number of fused-ring (bicyclic) bond motifs is 1. The molecule has 1 aliphatic heterocycles. The first-order chi connectivity index (χ1) is 14.8. The van der Waals surface area contributed by atoms with E-state index in [1.54, 1.807) is 0 Å². The van der Waals surface area contributed by atoms with Crippen molar-refractivity contribution in [2.24, 2.45) is 0 Å². The molecule has 11 nitrogen and oxygen atoms in total. The van der Waals surface area contributed by atoms with Gasteiger partial charge in [-0.1, -0.05) is 12.1 Å². The van der Waals surface area contributed by atoms with Crippen molar-refractivity contribution in [3.63, 3.8) is 0 Å². The van der Waals surface area contributed by atoms with E-state index < -0.39 is 22.8 Å². The average molecular weight is 428 g/mol. The molecule has 2 aromatic heterocycles. The number of aromatic amines is 1. The number of tetrazole rings is 1. The Morgan fingerprint density at radius 3 is 2.71 bits per heavy atom. The molecule has 162 valence electrons. The number of nitrogens with one attached hydrogen (secondary N) is 2. The summed E-state index contributed by atoms with van der Waals surface area (Å²) < 4.78 is 14.4. The molecule has 3 aromatic rings. The Balaban J connectivity index is 1.62. The van der Waals surface area contributed by atoms with Gasteiger partial charge in [0.05, 0.1) is 12.1 Å². The van der Waals surface area contributed by atoms with Gasteiger partial charge in [-0.3, -0.25) is 19.1 Å². The van der Waals surface area contributed by atoms with Crippen LogP contribution in [0.5, 0.6) is 5.75 Å². The highest BCUT2D eigenvalue weighted by atomic mass is 19.1. The molecule has 0 radical (unpaired) electrons. The van der Waals surface area contributed by atoms with E-state index in [0.717, 1.165) is 0 Å². The van der Waals surface area contributed by atoms with E-state index in [1.165, 1.54) is 28.8 Å². The first-order valence-corrected chi connectivity index (χ1v) is 9.62. The molecule has 0 saturated carbocycles. The Labute approximate surface area is 175 Å². The molecule has 0 spiro atoms. The number of H-pyrrole nitrogens is 1. The van der Waals surface area contributed by atoms with Crippen molar-refractivity contribution < 1.29 is 14.3 Å². The van der Waals surface area contributed by atoms with Gasteiger partial charge in [-0.25, -0.2) is 14.5 Å². The van der Waals surface area contributed by atoms with Gasteiger partial charge in [0.1, 0.15) is 11.6 Å². The summed E-state index contributed by atoms with van der Waals surface area (Å²) in [5.74, 6) is -0.885. The van der Waals surface area contributed by atoms with Crippen molar-refractivity contribution in [2.45, 2.75) is 39.0 Å². The summed E-state index contributed by atoms with van der Waals surface area (Å²) in [5.41, 5.74) is -1.11. The quantitative estimate of drug-likeness (QED) is 0.526. The SMILES string of the molecule is CC1(C)c2nc(C(=O)NCc3ccc(F)cc3)c(O)c(=O)n2CCN1Cc1nnn[nH]1. The lowest BCUT2D eigenvalue weighted by Gasteiger charge is -2.42. The monoisotopic (exact) mass is 428 g/mol. The zero-order valence-corrected chi connectivity index (χ0v) is 17.0. The van der Waals surface area contributed by atoms with Gasteiger partial charge in [-0.2, -0.15) is 0 Å². The molecule has 1 amide bonds. The number of carbonyl (C=O) groups excluding carboxylic acids is 1. The third-order valence-corrected chi connectivity index (χ3v) is 5.39. The van der Waals surface area contributed by atoms with Gasteiger partial charge in [-0.15, -0.1) is 5.10 Å². The van der Waals surface area contributed by atoms with E-state index >= 15 is 0 Å². The Morgan fingerprint density at radius 1 is 1.29 bits per heavy atom. The van der Waals surface area contributed by atoms with Crippen LogP contribution in [0.3, 0.4) is 0 Å². The minimum Gasteiger partial charge on any atom is -0.501 e. The lowest BCUT2D eigenvalue weighted by atomic mass is 9.98. The Hall–Kier alpha value is -3.67. The number of nitrogens with zero attached hydrogens (tertiary/aromatic N) is 6. The first kappa shape index (κ1) is 20.6. The molecule has 4 rings (SSSR count). The van der Waals surface area contributed by atoms with Crippen LogP contribution < -0.4 is 10.9 Å². The van der Waals surface area contributed by atoms with E-state index in [1.807, 2.05) is 18.7 Å².